The van der Waals surface area contributed by atoms with E-state index < -0.39 is 23.7 Å². The van der Waals surface area contributed by atoms with Crippen LogP contribution in [-0.2, 0) is 9.53 Å². The van der Waals surface area contributed by atoms with Crippen LogP contribution in [0, 0.1) is 0 Å². The lowest BCUT2D eigenvalue weighted by Crippen LogP contribution is -2.44. The van der Waals surface area contributed by atoms with Crippen LogP contribution >= 0.6 is 11.6 Å². The summed E-state index contributed by atoms with van der Waals surface area (Å²) in [6.07, 6.45) is -0.573. The Bertz CT molecular complexity index is 525. The highest BCUT2D eigenvalue weighted by atomic mass is 35.5. The van der Waals surface area contributed by atoms with Gasteiger partial charge in [-0.25, -0.2) is 9.59 Å². The van der Waals surface area contributed by atoms with Crippen molar-refractivity contribution in [1.29, 1.82) is 0 Å². The van der Waals surface area contributed by atoms with Gasteiger partial charge in [0.25, 0.3) is 0 Å². The number of benzene rings is 1. The fourth-order valence-electron chi connectivity index (χ4n) is 1.62. The molecule has 1 aromatic rings. The van der Waals surface area contributed by atoms with Crippen molar-refractivity contribution < 1.29 is 19.4 Å². The second-order valence-corrected chi connectivity index (χ2v) is 6.34. The number of halogens is 1. The summed E-state index contributed by atoms with van der Waals surface area (Å²) in [6.45, 7) is 5.21. The number of amides is 1. The minimum atomic E-state index is -1.06. The topological polar surface area (TPSA) is 78.9 Å². The number of rotatable bonds is 5. The quantitative estimate of drug-likeness (QED) is 0.868. The van der Waals surface area contributed by atoms with Gasteiger partial charge in [-0.3, -0.25) is 0 Å². The summed E-state index contributed by atoms with van der Waals surface area (Å²) in [5, 5.41) is 12.7. The monoisotopic (exact) mass is 328 g/mol. The third-order valence-electron chi connectivity index (χ3n) is 2.64. The fourth-order valence-corrected chi connectivity index (χ4v) is 1.75. The fraction of sp³-hybridized carbons (Fsp3) is 0.467. The molecule has 0 bridgehead atoms. The van der Waals surface area contributed by atoms with Crippen molar-refractivity contribution in [1.82, 2.24) is 4.90 Å². The maximum atomic E-state index is 11.9. The van der Waals surface area contributed by atoms with Crippen LogP contribution in [0.3, 0.4) is 0 Å². The Morgan fingerprint density at radius 1 is 1.32 bits per heavy atom. The Balaban J connectivity index is 2.70. The molecular formula is C15H21ClN2O4. The van der Waals surface area contributed by atoms with Crippen molar-refractivity contribution in [3.05, 3.63) is 29.3 Å². The molecule has 0 unspecified atom stereocenters. The Hall–Kier alpha value is -1.95. The number of ether oxygens (including phenoxy) is 1. The molecule has 0 fully saturated rings. The number of carboxylic acid groups (broad SMARTS) is 1. The molecular weight excluding hydrogens is 308 g/mol. The highest BCUT2D eigenvalue weighted by molar-refractivity contribution is 6.30. The van der Waals surface area contributed by atoms with Crippen molar-refractivity contribution in [2.45, 2.75) is 32.4 Å². The number of carboxylic acids is 1. The van der Waals surface area contributed by atoms with E-state index in [1.807, 2.05) is 0 Å². The van der Waals surface area contributed by atoms with E-state index in [2.05, 4.69) is 5.32 Å². The van der Waals surface area contributed by atoms with Gasteiger partial charge in [-0.05, 0) is 45.0 Å². The Morgan fingerprint density at radius 3 is 2.32 bits per heavy atom. The number of hydrogen-bond donors (Lipinski definition) is 2. The lowest BCUT2D eigenvalue weighted by atomic mass is 10.2. The zero-order valence-corrected chi connectivity index (χ0v) is 13.8. The molecule has 0 aromatic heterocycles. The smallest absolute Gasteiger partial charge is 0.410 e. The van der Waals surface area contributed by atoms with E-state index in [0.29, 0.717) is 10.7 Å². The van der Waals surface area contributed by atoms with E-state index >= 15 is 0 Å². The summed E-state index contributed by atoms with van der Waals surface area (Å²) in [5.74, 6) is -1.06. The molecule has 0 radical (unpaired) electrons. The molecule has 0 spiro atoms. The van der Waals surface area contributed by atoms with Crippen LogP contribution in [0.1, 0.15) is 20.8 Å². The number of carbonyl (C=O) groups is 2. The average molecular weight is 329 g/mol. The van der Waals surface area contributed by atoms with E-state index in [4.69, 9.17) is 16.3 Å². The van der Waals surface area contributed by atoms with Gasteiger partial charge in [0, 0.05) is 17.8 Å². The third-order valence-corrected chi connectivity index (χ3v) is 2.90. The Kier molecular flexibility index (Phi) is 6.05. The molecule has 0 saturated carbocycles. The predicted molar refractivity (Wildman–Crippen MR) is 85.4 cm³/mol. The van der Waals surface area contributed by atoms with Crippen molar-refractivity contribution in [2.75, 3.05) is 18.9 Å². The second-order valence-electron chi connectivity index (χ2n) is 5.90. The average Bonchev–Trinajstić information content (AvgIpc) is 2.38. The molecule has 0 aliphatic carbocycles. The Morgan fingerprint density at radius 2 is 1.86 bits per heavy atom. The molecule has 122 valence electrons. The minimum absolute atomic E-state index is 0.0348. The number of hydrogen-bond acceptors (Lipinski definition) is 4. The van der Waals surface area contributed by atoms with E-state index in [-0.39, 0.29) is 6.54 Å². The van der Waals surface area contributed by atoms with Gasteiger partial charge in [0.15, 0.2) is 0 Å². The van der Waals surface area contributed by atoms with E-state index in [1.165, 1.54) is 11.9 Å². The van der Waals surface area contributed by atoms with Crippen LogP contribution in [-0.4, -0.2) is 47.3 Å². The molecule has 2 N–H and O–H groups in total. The van der Waals surface area contributed by atoms with E-state index in [1.54, 1.807) is 45.0 Å². The highest BCUT2D eigenvalue weighted by Gasteiger charge is 2.25. The molecule has 1 atom stereocenters. The summed E-state index contributed by atoms with van der Waals surface area (Å²) in [5.41, 5.74) is -0.0254. The van der Waals surface area contributed by atoms with E-state index in [0.717, 1.165) is 0 Å². The van der Waals surface area contributed by atoms with Crippen LogP contribution in [0.2, 0.25) is 5.02 Å². The van der Waals surface area contributed by atoms with Gasteiger partial charge < -0.3 is 20.1 Å². The second kappa shape index (κ2) is 7.35. The molecule has 7 heteroatoms. The number of carbonyl (C=O) groups excluding carboxylic acids is 1. The molecule has 1 aromatic carbocycles. The molecule has 0 aliphatic heterocycles. The van der Waals surface area contributed by atoms with Gasteiger partial charge in [0.05, 0.1) is 6.54 Å². The van der Waals surface area contributed by atoms with Gasteiger partial charge in [0.2, 0.25) is 0 Å². The van der Waals surface area contributed by atoms with Crippen LogP contribution in [0.4, 0.5) is 10.5 Å². The first-order valence-corrected chi connectivity index (χ1v) is 7.15. The molecule has 0 saturated heterocycles. The summed E-state index contributed by atoms with van der Waals surface area (Å²) < 4.78 is 5.19. The van der Waals surface area contributed by atoms with Crippen molar-refractivity contribution in [2.24, 2.45) is 0 Å². The van der Waals surface area contributed by atoms with Crippen molar-refractivity contribution in [3.8, 4) is 0 Å². The van der Waals surface area contributed by atoms with E-state index in [9.17, 15) is 14.7 Å². The number of anilines is 1. The van der Waals surface area contributed by atoms with Crippen LogP contribution < -0.4 is 5.32 Å². The zero-order chi connectivity index (χ0) is 16.9. The first-order valence-electron chi connectivity index (χ1n) is 6.77. The largest absolute Gasteiger partial charge is 0.480 e. The summed E-state index contributed by atoms with van der Waals surface area (Å²) in [7, 11) is 1.49. The number of aliphatic carboxylic acids is 1. The van der Waals surface area contributed by atoms with Gasteiger partial charge in [-0.15, -0.1) is 0 Å². The summed E-state index contributed by atoms with van der Waals surface area (Å²) >= 11 is 5.78. The molecule has 1 rings (SSSR count). The minimum Gasteiger partial charge on any atom is -0.480 e. The van der Waals surface area contributed by atoms with Crippen LogP contribution in [0.25, 0.3) is 0 Å². The number of nitrogens with zero attached hydrogens (tertiary/aromatic N) is 1. The zero-order valence-electron chi connectivity index (χ0n) is 13.1. The molecule has 0 aliphatic rings. The van der Waals surface area contributed by atoms with Crippen LogP contribution in [0.5, 0.6) is 0 Å². The number of likely N-dealkylation sites (N-methyl/N-ethyl adjacent to an activating group) is 1. The molecule has 0 heterocycles. The van der Waals surface area contributed by atoms with Crippen molar-refractivity contribution >= 4 is 29.4 Å². The number of nitrogens with one attached hydrogen (secondary N) is 1. The van der Waals surface area contributed by atoms with Gasteiger partial charge in [0.1, 0.15) is 11.6 Å². The molecule has 6 nitrogen and oxygen atoms in total. The first kappa shape index (κ1) is 18.1. The molecule has 22 heavy (non-hydrogen) atoms. The summed E-state index contributed by atoms with van der Waals surface area (Å²) in [4.78, 5) is 24.5. The highest BCUT2D eigenvalue weighted by Crippen LogP contribution is 2.15. The first-order chi connectivity index (χ1) is 10.1. The third kappa shape index (κ3) is 6.22. The lowest BCUT2D eigenvalue weighted by Gasteiger charge is -2.27. The molecule has 1 amide bonds. The van der Waals surface area contributed by atoms with Gasteiger partial charge >= 0.3 is 12.1 Å². The SMILES string of the molecule is CN(C[C@H](Nc1ccc(Cl)cc1)C(=O)O)C(=O)OC(C)(C)C. The predicted octanol–water partition coefficient (Wildman–Crippen LogP) is 3.07. The maximum absolute atomic E-state index is 11.9. The van der Waals surface area contributed by atoms with Crippen LogP contribution in [0.15, 0.2) is 24.3 Å². The standard InChI is InChI=1S/C15H21ClN2O4/c1-15(2,3)22-14(21)18(4)9-12(13(19)20)17-11-7-5-10(16)6-8-11/h5-8,12,17H,9H2,1-4H3,(H,19,20)/t12-/m0/s1. The lowest BCUT2D eigenvalue weighted by molar-refractivity contribution is -0.138. The normalized spacial score (nSPS) is 12.4. The maximum Gasteiger partial charge on any atom is 0.410 e. The van der Waals surface area contributed by atoms with Gasteiger partial charge in [-0.1, -0.05) is 11.6 Å². The summed E-state index contributed by atoms with van der Waals surface area (Å²) in [6, 6.07) is 5.69. The van der Waals surface area contributed by atoms with Gasteiger partial charge in [-0.2, -0.15) is 0 Å². The van der Waals surface area contributed by atoms with Crippen molar-refractivity contribution in [3.63, 3.8) is 0 Å². The Labute approximate surface area is 135 Å².